The first-order valence-corrected chi connectivity index (χ1v) is 10.5. The molecular weight excluding hydrogens is 444 g/mol. The van der Waals surface area contributed by atoms with Crippen LogP contribution in [-0.2, 0) is 36.8 Å². The number of methoxy groups -OCH3 is 1. The maximum atomic E-state index is 12.9. The minimum Gasteiger partial charge on any atom is -0.504 e. The van der Waals surface area contributed by atoms with E-state index in [0.29, 0.717) is 16.9 Å². The van der Waals surface area contributed by atoms with Crippen LogP contribution >= 0.6 is 0 Å². The van der Waals surface area contributed by atoms with Crippen molar-refractivity contribution in [3.63, 3.8) is 0 Å². The molecule has 0 aliphatic carbocycles. The number of amides is 3. The summed E-state index contributed by atoms with van der Waals surface area (Å²) in [5.74, 6) is -2.56. The predicted molar refractivity (Wildman–Crippen MR) is 120 cm³/mol. The topological polar surface area (TPSA) is 183 Å². The second-order valence-electron chi connectivity index (χ2n) is 7.88. The highest BCUT2D eigenvalue weighted by Gasteiger charge is 2.30. The van der Waals surface area contributed by atoms with E-state index >= 15 is 0 Å². The number of hydrogen-bond donors (Lipinski definition) is 5. The molecule has 4 bridgehead atoms. The third-order valence-electron chi connectivity index (χ3n) is 5.25. The van der Waals surface area contributed by atoms with Crippen molar-refractivity contribution < 1.29 is 33.8 Å². The van der Waals surface area contributed by atoms with Crippen molar-refractivity contribution >= 4 is 23.7 Å². The number of rotatable bonds is 3. The van der Waals surface area contributed by atoms with Crippen molar-refractivity contribution in [3.8, 4) is 17.2 Å². The van der Waals surface area contributed by atoms with Crippen LogP contribution in [-0.4, -0.2) is 54.0 Å². The van der Waals surface area contributed by atoms with Gasteiger partial charge in [0.25, 0.3) is 0 Å². The molecule has 11 nitrogen and oxygen atoms in total. The summed E-state index contributed by atoms with van der Waals surface area (Å²) in [6, 6.07) is 7.68. The molecule has 2 aromatic rings. The van der Waals surface area contributed by atoms with Crippen molar-refractivity contribution in [1.82, 2.24) is 10.6 Å². The number of nitrogens with two attached hydrogens (primary N) is 2. The lowest BCUT2D eigenvalue weighted by Gasteiger charge is -2.23. The van der Waals surface area contributed by atoms with Gasteiger partial charge in [-0.1, -0.05) is 18.2 Å². The number of carbonyl (C=O) groups excluding carboxylic acids is 4. The molecule has 180 valence electrons. The number of esters is 1. The molecule has 3 amide bonds. The Morgan fingerprint density at radius 2 is 1.74 bits per heavy atom. The van der Waals surface area contributed by atoms with Crippen LogP contribution in [0.3, 0.4) is 0 Å². The number of carbonyl (C=O) groups is 4. The number of nitrogens with one attached hydrogen (secondary N) is 2. The molecule has 0 fully saturated rings. The van der Waals surface area contributed by atoms with Crippen molar-refractivity contribution in [1.29, 1.82) is 0 Å². The molecule has 0 radical (unpaired) electrons. The van der Waals surface area contributed by atoms with Crippen molar-refractivity contribution in [3.05, 3.63) is 53.6 Å². The fraction of sp³-hybridized carbons (Fsp3) is 0.304. The minimum absolute atomic E-state index is 0.0527. The summed E-state index contributed by atoms with van der Waals surface area (Å²) in [4.78, 5) is 49.4. The standard InChI is InChI=1S/C23H26N4O7/c1-33-23(32)17-9-12-2-5-14(6-3-12)34-19-10-13(4-7-18(19)28)8-15(24)21(30)26-16(11-20(25)29)22(31)27-17/h2-7,10,15-17,28H,8-9,11,24H2,1H3,(H2,25,29)(H,26,30)(H,27,31)/t15-,16-,17-/m0/s1. The molecular formula is C23H26N4O7. The average Bonchev–Trinajstić information content (AvgIpc) is 2.80. The quantitative estimate of drug-likeness (QED) is 0.376. The zero-order valence-electron chi connectivity index (χ0n) is 18.4. The fourth-order valence-electron chi connectivity index (χ4n) is 3.47. The van der Waals surface area contributed by atoms with Gasteiger partial charge in [0.2, 0.25) is 17.7 Å². The average molecular weight is 470 g/mol. The fourth-order valence-corrected chi connectivity index (χ4v) is 3.47. The molecule has 7 N–H and O–H groups in total. The Balaban J connectivity index is 2.00. The number of hydrogen-bond acceptors (Lipinski definition) is 8. The van der Waals surface area contributed by atoms with Gasteiger partial charge < -0.3 is 36.7 Å². The third-order valence-corrected chi connectivity index (χ3v) is 5.25. The summed E-state index contributed by atoms with van der Waals surface area (Å²) in [5.41, 5.74) is 12.5. The summed E-state index contributed by atoms with van der Waals surface area (Å²) >= 11 is 0. The van der Waals surface area contributed by atoms with E-state index < -0.39 is 48.2 Å². The van der Waals surface area contributed by atoms with Gasteiger partial charge in [0.15, 0.2) is 11.5 Å². The van der Waals surface area contributed by atoms with E-state index in [1.165, 1.54) is 13.2 Å². The molecule has 3 atom stereocenters. The molecule has 0 unspecified atom stereocenters. The lowest BCUT2D eigenvalue weighted by molar-refractivity contribution is -0.145. The second-order valence-corrected chi connectivity index (χ2v) is 7.88. The van der Waals surface area contributed by atoms with Gasteiger partial charge in [0, 0.05) is 6.42 Å². The van der Waals surface area contributed by atoms with Crippen LogP contribution in [0, 0.1) is 0 Å². The zero-order chi connectivity index (χ0) is 24.8. The van der Waals surface area contributed by atoms with E-state index in [9.17, 15) is 24.3 Å². The number of aromatic hydroxyl groups is 1. The Morgan fingerprint density at radius 1 is 1.06 bits per heavy atom. The number of phenols is 1. The van der Waals surface area contributed by atoms with Crippen LogP contribution in [0.4, 0.5) is 0 Å². The number of fused-ring (bicyclic) bond motifs is 10. The summed E-state index contributed by atoms with van der Waals surface area (Å²) in [6.45, 7) is 0. The minimum atomic E-state index is -1.35. The summed E-state index contributed by atoms with van der Waals surface area (Å²) < 4.78 is 10.5. The van der Waals surface area contributed by atoms with Gasteiger partial charge >= 0.3 is 5.97 Å². The molecule has 11 heteroatoms. The maximum Gasteiger partial charge on any atom is 0.328 e. The van der Waals surface area contributed by atoms with Gasteiger partial charge in [0.1, 0.15) is 17.8 Å². The van der Waals surface area contributed by atoms with Crippen LogP contribution in [0.5, 0.6) is 17.2 Å². The molecule has 4 rings (SSSR count). The van der Waals surface area contributed by atoms with Crippen LogP contribution in [0.2, 0.25) is 0 Å². The van der Waals surface area contributed by atoms with Crippen LogP contribution < -0.4 is 26.8 Å². The molecule has 2 aliphatic rings. The summed E-state index contributed by atoms with van der Waals surface area (Å²) in [7, 11) is 1.18. The highest BCUT2D eigenvalue weighted by Crippen LogP contribution is 2.32. The zero-order valence-corrected chi connectivity index (χ0v) is 18.4. The van der Waals surface area contributed by atoms with E-state index in [4.69, 9.17) is 20.9 Å². The second kappa shape index (κ2) is 10.7. The highest BCUT2D eigenvalue weighted by molar-refractivity contribution is 5.94. The first kappa shape index (κ1) is 24.5. The van der Waals surface area contributed by atoms with Gasteiger partial charge in [-0.2, -0.15) is 0 Å². The summed E-state index contributed by atoms with van der Waals surface area (Å²) in [6.07, 6.45) is -0.378. The van der Waals surface area contributed by atoms with Gasteiger partial charge in [-0.15, -0.1) is 0 Å². The Morgan fingerprint density at radius 3 is 2.38 bits per heavy atom. The lowest BCUT2D eigenvalue weighted by atomic mass is 10.0. The van der Waals surface area contributed by atoms with Crippen molar-refractivity contribution in [2.45, 2.75) is 37.4 Å². The Kier molecular flexibility index (Phi) is 7.69. The van der Waals surface area contributed by atoms with E-state index in [2.05, 4.69) is 10.6 Å². The van der Waals surface area contributed by atoms with E-state index in [1.807, 2.05) is 0 Å². The normalized spacial score (nSPS) is 20.9. The van der Waals surface area contributed by atoms with Crippen LogP contribution in [0.1, 0.15) is 17.5 Å². The molecule has 0 saturated carbocycles. The number of primary amides is 1. The van der Waals surface area contributed by atoms with Gasteiger partial charge in [-0.25, -0.2) is 4.79 Å². The van der Waals surface area contributed by atoms with Crippen LogP contribution in [0.15, 0.2) is 42.5 Å². The predicted octanol–water partition coefficient (Wildman–Crippen LogP) is -0.372. The largest absolute Gasteiger partial charge is 0.504 e. The molecule has 0 spiro atoms. The SMILES string of the molecule is COC(=O)[C@@H]1Cc2ccc(cc2)Oc2cc(ccc2O)C[C@H](N)C(=O)N[C@@H](CC(N)=O)C(=O)N1. The monoisotopic (exact) mass is 470 g/mol. The molecule has 0 aromatic heterocycles. The molecule has 2 aliphatic heterocycles. The molecule has 2 aromatic carbocycles. The molecule has 34 heavy (non-hydrogen) atoms. The maximum absolute atomic E-state index is 12.9. The van der Waals surface area contributed by atoms with Gasteiger partial charge in [-0.05, 0) is 41.8 Å². The van der Waals surface area contributed by atoms with E-state index in [0.717, 1.165) is 0 Å². The summed E-state index contributed by atoms with van der Waals surface area (Å²) in [5, 5.41) is 15.1. The first-order chi connectivity index (χ1) is 16.2. The van der Waals surface area contributed by atoms with Crippen LogP contribution in [0.25, 0.3) is 0 Å². The number of phenolic OH excluding ortho intramolecular Hbond substituents is 1. The highest BCUT2D eigenvalue weighted by atomic mass is 16.5. The van der Waals surface area contributed by atoms with Crippen molar-refractivity contribution in [2.75, 3.05) is 7.11 Å². The number of ether oxygens (including phenoxy) is 2. The Bertz CT molecular complexity index is 1090. The van der Waals surface area contributed by atoms with Gasteiger partial charge in [-0.3, -0.25) is 14.4 Å². The Labute approximate surface area is 195 Å². The van der Waals surface area contributed by atoms with E-state index in [-0.39, 0.29) is 24.3 Å². The van der Waals surface area contributed by atoms with Gasteiger partial charge in [0.05, 0.1) is 19.6 Å². The smallest absolute Gasteiger partial charge is 0.328 e. The lowest BCUT2D eigenvalue weighted by Crippen LogP contribution is -2.56. The first-order valence-electron chi connectivity index (χ1n) is 10.5. The number of benzene rings is 2. The van der Waals surface area contributed by atoms with E-state index in [1.54, 1.807) is 36.4 Å². The Hall–Kier alpha value is -4.12. The van der Waals surface area contributed by atoms with Crippen molar-refractivity contribution in [2.24, 2.45) is 11.5 Å². The molecule has 0 saturated heterocycles. The third kappa shape index (κ3) is 6.23. The molecule has 2 heterocycles.